The number of aliphatic hydroxyl groups excluding tert-OH is 1. The Labute approximate surface area is 157 Å². The number of hydrogen-bond donors (Lipinski definition) is 2. The maximum absolute atomic E-state index is 13.5. The van der Waals surface area contributed by atoms with Crippen LogP contribution < -0.4 is 0 Å². The van der Waals surface area contributed by atoms with Crippen molar-refractivity contribution in [3.05, 3.63) is 29.1 Å². The molecule has 2 aliphatic carbocycles. The van der Waals surface area contributed by atoms with Gasteiger partial charge in [-0.15, -0.1) is 0 Å². The summed E-state index contributed by atoms with van der Waals surface area (Å²) in [4.78, 5) is 37.0. The second-order valence-electron chi connectivity index (χ2n) is 8.07. The highest BCUT2D eigenvalue weighted by molar-refractivity contribution is 6.27. The van der Waals surface area contributed by atoms with Crippen LogP contribution >= 0.6 is 0 Å². The molecule has 144 valence electrons. The van der Waals surface area contributed by atoms with Crippen molar-refractivity contribution in [1.82, 2.24) is 4.57 Å². The van der Waals surface area contributed by atoms with Gasteiger partial charge in [0.2, 0.25) is 0 Å². The molecule has 6 nitrogen and oxygen atoms in total. The topological polar surface area (TPSA) is 96.6 Å². The summed E-state index contributed by atoms with van der Waals surface area (Å²) >= 11 is 0. The molecule has 27 heavy (non-hydrogen) atoms. The number of carboxylic acid groups (broad SMARTS) is 1. The summed E-state index contributed by atoms with van der Waals surface area (Å²) in [5, 5.41) is 19.7. The molecule has 0 radical (unpaired) electrons. The first-order chi connectivity index (χ1) is 13.0. The Morgan fingerprint density at radius 3 is 2.37 bits per heavy atom. The SMILES string of the molecule is O=C(O)CCC(=O)C1=C(O)c2ccc(C3CCC3)n2C2(CCCCC2)C1=O. The third kappa shape index (κ3) is 2.73. The van der Waals surface area contributed by atoms with Crippen molar-refractivity contribution in [2.75, 3.05) is 0 Å². The number of hydrogen-bond acceptors (Lipinski definition) is 4. The predicted octanol–water partition coefficient (Wildman–Crippen LogP) is 3.70. The number of fused-ring (bicyclic) bond motifs is 2. The van der Waals surface area contributed by atoms with Crippen molar-refractivity contribution >= 4 is 23.3 Å². The molecule has 2 heterocycles. The highest BCUT2D eigenvalue weighted by Crippen LogP contribution is 2.48. The van der Waals surface area contributed by atoms with Crippen molar-refractivity contribution in [3.63, 3.8) is 0 Å². The minimum Gasteiger partial charge on any atom is -0.505 e. The van der Waals surface area contributed by atoms with Crippen LogP contribution in [0.3, 0.4) is 0 Å². The number of aliphatic hydroxyl groups is 1. The second-order valence-corrected chi connectivity index (χ2v) is 8.07. The van der Waals surface area contributed by atoms with E-state index < -0.39 is 17.3 Å². The van der Waals surface area contributed by atoms with Crippen LogP contribution in [0.5, 0.6) is 0 Å². The van der Waals surface area contributed by atoms with Gasteiger partial charge in [0.05, 0.1) is 12.1 Å². The van der Waals surface area contributed by atoms with E-state index in [1.807, 2.05) is 16.7 Å². The van der Waals surface area contributed by atoms with Crippen molar-refractivity contribution in [2.45, 2.75) is 75.7 Å². The number of nitrogens with zero attached hydrogens (tertiary/aromatic N) is 1. The number of aromatic nitrogens is 1. The van der Waals surface area contributed by atoms with Gasteiger partial charge in [-0.3, -0.25) is 14.4 Å². The van der Waals surface area contributed by atoms with Gasteiger partial charge in [0.25, 0.3) is 0 Å². The molecule has 2 N–H and O–H groups in total. The van der Waals surface area contributed by atoms with E-state index in [-0.39, 0.29) is 30.0 Å². The summed E-state index contributed by atoms with van der Waals surface area (Å²) in [6.07, 6.45) is 6.93. The van der Waals surface area contributed by atoms with E-state index in [2.05, 4.69) is 0 Å². The van der Waals surface area contributed by atoms with Gasteiger partial charge in [0.1, 0.15) is 11.1 Å². The van der Waals surface area contributed by atoms with Gasteiger partial charge in [0.15, 0.2) is 17.3 Å². The number of Topliss-reactive ketones (excluding diaryl/α,β-unsaturated/α-hetero) is 2. The van der Waals surface area contributed by atoms with Crippen molar-refractivity contribution < 1.29 is 24.6 Å². The Morgan fingerprint density at radius 1 is 1.07 bits per heavy atom. The first-order valence-corrected chi connectivity index (χ1v) is 9.91. The standard InChI is InChI=1S/C21H25NO5/c23-16(9-10-17(24)25)18-19(26)15-8-7-14(13-5-4-6-13)22(15)21(20(18)27)11-2-1-3-12-21/h7-8,13,26H,1-6,9-12H2,(H,24,25). The van der Waals surface area contributed by atoms with Crippen LogP contribution in [0.15, 0.2) is 17.7 Å². The smallest absolute Gasteiger partial charge is 0.303 e. The Hall–Kier alpha value is -2.37. The average molecular weight is 371 g/mol. The maximum atomic E-state index is 13.5. The lowest BCUT2D eigenvalue weighted by Crippen LogP contribution is -2.50. The second kappa shape index (κ2) is 6.66. The fourth-order valence-corrected chi connectivity index (χ4v) is 4.90. The third-order valence-corrected chi connectivity index (χ3v) is 6.52. The summed E-state index contributed by atoms with van der Waals surface area (Å²) in [6, 6.07) is 3.81. The van der Waals surface area contributed by atoms with Crippen molar-refractivity contribution in [2.24, 2.45) is 0 Å². The van der Waals surface area contributed by atoms with Gasteiger partial charge >= 0.3 is 5.97 Å². The molecule has 0 atom stereocenters. The number of carbonyl (C=O) groups is 3. The van der Waals surface area contributed by atoms with E-state index in [1.165, 1.54) is 6.42 Å². The zero-order valence-corrected chi connectivity index (χ0v) is 15.4. The number of allylic oxidation sites excluding steroid dienone is 1. The first kappa shape index (κ1) is 18.0. The summed E-state index contributed by atoms with van der Waals surface area (Å²) in [5.74, 6) is -1.85. The minimum absolute atomic E-state index is 0.191. The Morgan fingerprint density at radius 2 is 1.78 bits per heavy atom. The lowest BCUT2D eigenvalue weighted by Gasteiger charge is -2.44. The van der Waals surface area contributed by atoms with E-state index in [1.54, 1.807) is 0 Å². The van der Waals surface area contributed by atoms with E-state index in [0.29, 0.717) is 24.5 Å². The number of rotatable bonds is 5. The molecule has 0 bridgehead atoms. The molecule has 1 aliphatic heterocycles. The molecular formula is C21H25NO5. The van der Waals surface area contributed by atoms with E-state index in [0.717, 1.165) is 37.8 Å². The lowest BCUT2D eigenvalue weighted by molar-refractivity contribution is -0.138. The fourth-order valence-electron chi connectivity index (χ4n) is 4.90. The molecule has 1 aromatic rings. The first-order valence-electron chi connectivity index (χ1n) is 9.91. The van der Waals surface area contributed by atoms with Gasteiger partial charge < -0.3 is 14.8 Å². The molecule has 2 saturated carbocycles. The molecule has 0 saturated heterocycles. The van der Waals surface area contributed by atoms with Crippen molar-refractivity contribution in [3.8, 4) is 0 Å². The number of carboxylic acids is 1. The third-order valence-electron chi connectivity index (χ3n) is 6.52. The zero-order chi connectivity index (χ0) is 19.2. The lowest BCUT2D eigenvalue weighted by atomic mass is 9.72. The van der Waals surface area contributed by atoms with Gasteiger partial charge in [-0.1, -0.05) is 25.7 Å². The van der Waals surface area contributed by atoms with Crippen LogP contribution in [0.25, 0.3) is 5.76 Å². The molecule has 4 rings (SSSR count). The molecular weight excluding hydrogens is 346 g/mol. The molecule has 3 aliphatic rings. The van der Waals surface area contributed by atoms with Crippen molar-refractivity contribution in [1.29, 1.82) is 0 Å². The van der Waals surface area contributed by atoms with E-state index in [4.69, 9.17) is 5.11 Å². The summed E-state index contributed by atoms with van der Waals surface area (Å²) in [5.41, 5.74) is 0.638. The quantitative estimate of drug-likeness (QED) is 0.769. The van der Waals surface area contributed by atoms with Gasteiger partial charge in [-0.05, 0) is 43.7 Å². The molecule has 6 heteroatoms. The van der Waals surface area contributed by atoms with Gasteiger partial charge in [-0.2, -0.15) is 0 Å². The highest BCUT2D eigenvalue weighted by Gasteiger charge is 2.50. The number of aliphatic carboxylic acids is 1. The Kier molecular flexibility index (Phi) is 4.44. The van der Waals surface area contributed by atoms with Gasteiger partial charge in [-0.25, -0.2) is 0 Å². The summed E-state index contributed by atoms with van der Waals surface area (Å²) in [7, 11) is 0. The van der Waals surface area contributed by atoms with E-state index >= 15 is 0 Å². The zero-order valence-electron chi connectivity index (χ0n) is 15.4. The van der Waals surface area contributed by atoms with Gasteiger partial charge in [0, 0.05) is 12.1 Å². The fraction of sp³-hybridized carbons (Fsp3) is 0.571. The summed E-state index contributed by atoms with van der Waals surface area (Å²) in [6.45, 7) is 0. The highest BCUT2D eigenvalue weighted by atomic mass is 16.4. The Bertz CT molecular complexity index is 837. The number of ketones is 2. The van der Waals surface area contributed by atoms with Crippen LogP contribution in [0.2, 0.25) is 0 Å². The van der Waals surface area contributed by atoms with Crippen LogP contribution in [0.1, 0.15) is 81.5 Å². The summed E-state index contributed by atoms with van der Waals surface area (Å²) < 4.78 is 2.03. The van der Waals surface area contributed by atoms with Crippen LogP contribution in [0.4, 0.5) is 0 Å². The predicted molar refractivity (Wildman–Crippen MR) is 98.5 cm³/mol. The Balaban J connectivity index is 1.83. The largest absolute Gasteiger partial charge is 0.505 e. The monoisotopic (exact) mass is 371 g/mol. The molecule has 0 aromatic carbocycles. The average Bonchev–Trinajstić information content (AvgIpc) is 3.03. The minimum atomic E-state index is -1.09. The molecule has 2 fully saturated rings. The maximum Gasteiger partial charge on any atom is 0.303 e. The van der Waals surface area contributed by atoms with Crippen LogP contribution in [0, 0.1) is 0 Å². The van der Waals surface area contributed by atoms with Crippen LogP contribution in [-0.2, 0) is 19.9 Å². The normalized spacial score (nSPS) is 21.9. The van der Waals surface area contributed by atoms with Crippen LogP contribution in [-0.4, -0.2) is 32.3 Å². The number of carbonyl (C=O) groups excluding carboxylic acids is 2. The molecule has 1 spiro atoms. The molecule has 0 unspecified atom stereocenters. The molecule has 0 amide bonds. The van der Waals surface area contributed by atoms with E-state index in [9.17, 15) is 19.5 Å². The molecule has 1 aromatic heterocycles.